The first-order chi connectivity index (χ1) is 14.9. The van der Waals surface area contributed by atoms with E-state index in [-0.39, 0.29) is 18.9 Å². The minimum Gasteiger partial charge on any atom is -0.480 e. The number of nitrogens with zero attached hydrogens (tertiary/aromatic N) is 1. The van der Waals surface area contributed by atoms with E-state index < -0.39 is 54.0 Å². The van der Waals surface area contributed by atoms with Crippen LogP contribution in [0.4, 0.5) is 0 Å². The number of aliphatic carboxylic acids is 1. The number of aliphatic hydroxyl groups excluding tert-OH is 1. The smallest absolute Gasteiger partial charge is 0.328 e. The molecule has 0 bridgehead atoms. The van der Waals surface area contributed by atoms with Crippen molar-refractivity contribution in [2.24, 2.45) is 22.2 Å². The first kappa shape index (κ1) is 29.4. The van der Waals surface area contributed by atoms with Crippen LogP contribution in [0.15, 0.2) is 4.99 Å². The maximum atomic E-state index is 12.8. The van der Waals surface area contributed by atoms with Gasteiger partial charge in [-0.15, -0.1) is 0 Å². The van der Waals surface area contributed by atoms with Gasteiger partial charge in [0.05, 0.1) is 12.1 Å². The molecular weight excluding hydrogens is 442 g/mol. The fourth-order valence-electron chi connectivity index (χ4n) is 2.49. The molecule has 13 nitrogen and oxygen atoms in total. The van der Waals surface area contributed by atoms with Crippen molar-refractivity contribution in [2.45, 2.75) is 63.4 Å². The second-order valence-electron chi connectivity index (χ2n) is 7.21. The number of carboxylic acids is 1. The third-order valence-corrected chi connectivity index (χ3v) is 4.93. The molecule has 5 unspecified atom stereocenters. The van der Waals surface area contributed by atoms with Crippen LogP contribution in [0.5, 0.6) is 0 Å². The minimum atomic E-state index is -1.57. The molecule has 0 aromatic rings. The van der Waals surface area contributed by atoms with Crippen molar-refractivity contribution in [1.29, 1.82) is 0 Å². The average Bonchev–Trinajstić information content (AvgIpc) is 2.69. The fourth-order valence-corrected chi connectivity index (χ4v) is 2.97. The number of carbonyl (C=O) groups is 4. The Morgan fingerprint density at radius 3 is 1.97 bits per heavy atom. The SMILES string of the molecule is CSCCC(NC(=O)C(C)N)C(=O)NC(CCCN=C(N)N)C(=O)NC(C(=O)O)C(C)O. The Morgan fingerprint density at radius 1 is 0.969 bits per heavy atom. The third kappa shape index (κ3) is 11.7. The van der Waals surface area contributed by atoms with E-state index in [0.29, 0.717) is 18.6 Å². The van der Waals surface area contributed by atoms with Crippen LogP contribution in [0.2, 0.25) is 0 Å². The topological polar surface area (TPSA) is 235 Å². The van der Waals surface area contributed by atoms with Gasteiger partial charge in [-0.05, 0) is 45.1 Å². The van der Waals surface area contributed by atoms with Gasteiger partial charge in [0, 0.05) is 6.54 Å². The van der Waals surface area contributed by atoms with Crippen LogP contribution < -0.4 is 33.2 Å². The molecule has 0 saturated heterocycles. The van der Waals surface area contributed by atoms with Crippen LogP contribution in [0.3, 0.4) is 0 Å². The molecule has 32 heavy (non-hydrogen) atoms. The maximum absolute atomic E-state index is 12.8. The first-order valence-electron chi connectivity index (χ1n) is 10.0. The van der Waals surface area contributed by atoms with Crippen LogP contribution in [-0.2, 0) is 19.2 Å². The van der Waals surface area contributed by atoms with Gasteiger partial charge in [-0.25, -0.2) is 4.79 Å². The van der Waals surface area contributed by atoms with Gasteiger partial charge in [-0.2, -0.15) is 11.8 Å². The Morgan fingerprint density at radius 2 is 1.50 bits per heavy atom. The molecule has 0 spiro atoms. The summed E-state index contributed by atoms with van der Waals surface area (Å²) < 4.78 is 0. The summed E-state index contributed by atoms with van der Waals surface area (Å²) >= 11 is 1.47. The first-order valence-corrected chi connectivity index (χ1v) is 11.4. The number of thioether (sulfide) groups is 1. The summed E-state index contributed by atoms with van der Waals surface area (Å²) in [6.45, 7) is 2.87. The van der Waals surface area contributed by atoms with Gasteiger partial charge in [-0.1, -0.05) is 0 Å². The molecule has 184 valence electrons. The number of aliphatic hydroxyl groups is 1. The monoisotopic (exact) mass is 477 g/mol. The summed E-state index contributed by atoms with van der Waals surface area (Å²) in [7, 11) is 0. The molecule has 0 aliphatic rings. The molecule has 0 aliphatic heterocycles. The molecular formula is C18H35N7O6S. The lowest BCUT2D eigenvalue weighted by atomic mass is 10.1. The average molecular weight is 478 g/mol. The molecule has 5 atom stereocenters. The van der Waals surface area contributed by atoms with Gasteiger partial charge in [0.25, 0.3) is 0 Å². The van der Waals surface area contributed by atoms with Crippen LogP contribution >= 0.6 is 11.8 Å². The quantitative estimate of drug-likeness (QED) is 0.0678. The number of carbonyl (C=O) groups excluding carboxylic acids is 3. The number of carboxylic acid groups (broad SMARTS) is 1. The highest BCUT2D eigenvalue weighted by atomic mass is 32.2. The lowest BCUT2D eigenvalue weighted by Crippen LogP contribution is -2.58. The number of hydrogen-bond acceptors (Lipinski definition) is 8. The van der Waals surface area contributed by atoms with Crippen LogP contribution in [0.1, 0.15) is 33.1 Å². The summed E-state index contributed by atoms with van der Waals surface area (Å²) in [4.78, 5) is 52.6. The van der Waals surface area contributed by atoms with Crippen molar-refractivity contribution in [1.82, 2.24) is 16.0 Å². The van der Waals surface area contributed by atoms with Crippen molar-refractivity contribution in [2.75, 3.05) is 18.6 Å². The Balaban J connectivity index is 5.48. The van der Waals surface area contributed by atoms with E-state index in [1.54, 1.807) is 0 Å². The number of nitrogens with two attached hydrogens (primary N) is 3. The molecule has 3 amide bonds. The van der Waals surface area contributed by atoms with Gasteiger partial charge < -0.3 is 43.4 Å². The van der Waals surface area contributed by atoms with E-state index in [1.807, 2.05) is 6.26 Å². The Bertz CT molecular complexity index is 670. The molecule has 0 saturated carbocycles. The molecule has 14 heteroatoms. The minimum absolute atomic E-state index is 0.0803. The van der Waals surface area contributed by atoms with Crippen molar-refractivity contribution < 1.29 is 29.4 Å². The predicted molar refractivity (Wildman–Crippen MR) is 122 cm³/mol. The van der Waals surface area contributed by atoms with Gasteiger partial charge in [-0.3, -0.25) is 19.4 Å². The molecule has 11 N–H and O–H groups in total. The number of aliphatic imine (C=N–C) groups is 1. The molecule has 0 fully saturated rings. The normalized spacial score (nSPS) is 15.4. The van der Waals surface area contributed by atoms with E-state index in [2.05, 4.69) is 20.9 Å². The summed E-state index contributed by atoms with van der Waals surface area (Å²) in [6, 6.07) is -4.49. The van der Waals surface area contributed by atoms with Crippen LogP contribution in [-0.4, -0.2) is 88.7 Å². The van der Waals surface area contributed by atoms with Crippen molar-refractivity contribution in [3.63, 3.8) is 0 Å². The molecule has 0 aromatic heterocycles. The van der Waals surface area contributed by atoms with E-state index >= 15 is 0 Å². The molecule has 0 aliphatic carbocycles. The van der Waals surface area contributed by atoms with Crippen molar-refractivity contribution in [3.05, 3.63) is 0 Å². The number of rotatable bonds is 15. The number of guanidine groups is 1. The number of hydrogen-bond donors (Lipinski definition) is 8. The van der Waals surface area contributed by atoms with Gasteiger partial charge in [0.1, 0.15) is 12.1 Å². The maximum Gasteiger partial charge on any atom is 0.328 e. The predicted octanol–water partition coefficient (Wildman–Crippen LogP) is -2.94. The van der Waals surface area contributed by atoms with Crippen LogP contribution in [0, 0.1) is 0 Å². The largest absolute Gasteiger partial charge is 0.480 e. The second kappa shape index (κ2) is 15.3. The number of nitrogens with one attached hydrogen (secondary N) is 3. The van der Waals surface area contributed by atoms with E-state index in [0.717, 1.165) is 0 Å². The zero-order chi connectivity index (χ0) is 24.8. The van der Waals surface area contributed by atoms with E-state index in [1.165, 1.54) is 25.6 Å². The molecule has 0 rings (SSSR count). The summed E-state index contributed by atoms with van der Waals surface area (Å²) in [6.07, 6.45) is 1.14. The van der Waals surface area contributed by atoms with Gasteiger partial charge >= 0.3 is 5.97 Å². The summed E-state index contributed by atoms with van der Waals surface area (Å²) in [5, 5.41) is 26.1. The molecule has 0 aromatic carbocycles. The van der Waals surface area contributed by atoms with Crippen molar-refractivity contribution >= 4 is 41.4 Å². The number of amides is 3. The highest BCUT2D eigenvalue weighted by Crippen LogP contribution is 2.06. The molecule has 0 heterocycles. The third-order valence-electron chi connectivity index (χ3n) is 4.28. The second-order valence-corrected chi connectivity index (χ2v) is 8.19. The highest BCUT2D eigenvalue weighted by Gasteiger charge is 2.31. The Hall–Kier alpha value is -2.58. The highest BCUT2D eigenvalue weighted by molar-refractivity contribution is 7.98. The lowest BCUT2D eigenvalue weighted by molar-refractivity contribution is -0.145. The summed E-state index contributed by atoms with van der Waals surface area (Å²) in [5.74, 6) is -2.97. The Kier molecular flexibility index (Phi) is 14.0. The standard InChI is InChI=1S/C18H35N7O6S/c1-9(19)14(27)23-12(6-8-32-3)15(28)24-11(5-4-7-22-18(20)21)16(29)25-13(10(2)26)17(30)31/h9-13,26H,4-8,19H2,1-3H3,(H,23,27)(H,24,28)(H,25,29)(H,30,31)(H4,20,21,22). The summed E-state index contributed by atoms with van der Waals surface area (Å²) in [5.41, 5.74) is 16.1. The van der Waals surface area contributed by atoms with Gasteiger partial charge in [0.2, 0.25) is 17.7 Å². The fraction of sp³-hybridized carbons (Fsp3) is 0.722. The molecule has 0 radical (unpaired) electrons. The zero-order valence-electron chi connectivity index (χ0n) is 18.5. The van der Waals surface area contributed by atoms with Gasteiger partial charge in [0.15, 0.2) is 12.0 Å². The Labute approximate surface area is 191 Å². The lowest BCUT2D eigenvalue weighted by Gasteiger charge is -2.25. The zero-order valence-corrected chi connectivity index (χ0v) is 19.4. The van der Waals surface area contributed by atoms with Crippen molar-refractivity contribution in [3.8, 4) is 0 Å². The van der Waals surface area contributed by atoms with Crippen LogP contribution in [0.25, 0.3) is 0 Å². The van der Waals surface area contributed by atoms with E-state index in [9.17, 15) is 29.4 Å². The van der Waals surface area contributed by atoms with E-state index in [4.69, 9.17) is 17.2 Å².